The lowest BCUT2D eigenvalue weighted by Crippen LogP contribution is -2.56. The summed E-state index contributed by atoms with van der Waals surface area (Å²) in [5, 5.41) is 5.18. The molecule has 1 fully saturated rings. The van der Waals surface area contributed by atoms with Gasteiger partial charge in [-0.05, 0) is 37.2 Å². The molecule has 1 heterocycles. The zero-order valence-corrected chi connectivity index (χ0v) is 18.2. The summed E-state index contributed by atoms with van der Waals surface area (Å²) in [5.74, 6) is -1.68. The lowest BCUT2D eigenvalue weighted by atomic mass is 10.0. The molecule has 0 spiro atoms. The minimum Gasteiger partial charge on any atom is -0.368 e. The minimum absolute atomic E-state index is 0.130. The SMILES string of the molecule is CC(C)CC(NC(=O)C1CCCN1C(=O)C(N)Cc1ccccc1)C(=O)NCC(N)=O. The molecule has 4 amide bonds. The van der Waals surface area contributed by atoms with Gasteiger partial charge in [-0.15, -0.1) is 0 Å². The number of hydrogen-bond donors (Lipinski definition) is 4. The van der Waals surface area contributed by atoms with Crippen molar-refractivity contribution in [1.82, 2.24) is 15.5 Å². The number of nitrogens with zero attached hydrogens (tertiary/aromatic N) is 1. The summed E-state index contributed by atoms with van der Waals surface area (Å²) < 4.78 is 0. The molecule has 3 unspecified atom stereocenters. The van der Waals surface area contributed by atoms with Crippen LogP contribution in [0.15, 0.2) is 30.3 Å². The van der Waals surface area contributed by atoms with Crippen LogP contribution in [0.25, 0.3) is 0 Å². The molecule has 1 aliphatic heterocycles. The second-order valence-electron chi connectivity index (χ2n) is 8.36. The summed E-state index contributed by atoms with van der Waals surface area (Å²) in [4.78, 5) is 50.8. The smallest absolute Gasteiger partial charge is 0.243 e. The predicted molar refractivity (Wildman–Crippen MR) is 116 cm³/mol. The number of primary amides is 1. The first kappa shape index (κ1) is 24.3. The minimum atomic E-state index is -0.817. The van der Waals surface area contributed by atoms with Crippen molar-refractivity contribution in [2.75, 3.05) is 13.1 Å². The molecule has 0 aliphatic carbocycles. The average molecular weight is 432 g/mol. The average Bonchev–Trinajstić information content (AvgIpc) is 3.21. The molecule has 3 atom stereocenters. The molecule has 6 N–H and O–H groups in total. The number of nitrogens with two attached hydrogens (primary N) is 2. The van der Waals surface area contributed by atoms with Crippen LogP contribution in [-0.2, 0) is 25.6 Å². The summed E-state index contributed by atoms with van der Waals surface area (Å²) in [6, 6.07) is 7.24. The summed E-state index contributed by atoms with van der Waals surface area (Å²) in [7, 11) is 0. The van der Waals surface area contributed by atoms with Crippen LogP contribution in [-0.4, -0.2) is 59.7 Å². The van der Waals surface area contributed by atoms with Gasteiger partial charge >= 0.3 is 0 Å². The number of likely N-dealkylation sites (tertiary alicyclic amines) is 1. The highest BCUT2D eigenvalue weighted by Crippen LogP contribution is 2.20. The molecule has 1 saturated heterocycles. The number of hydrogen-bond acceptors (Lipinski definition) is 5. The van der Waals surface area contributed by atoms with Gasteiger partial charge in [0.05, 0.1) is 12.6 Å². The molecule has 0 bridgehead atoms. The third-order valence-corrected chi connectivity index (χ3v) is 5.23. The summed E-state index contributed by atoms with van der Waals surface area (Å²) in [6.45, 7) is 4.00. The van der Waals surface area contributed by atoms with E-state index in [4.69, 9.17) is 11.5 Å². The van der Waals surface area contributed by atoms with Crippen LogP contribution in [0.3, 0.4) is 0 Å². The van der Waals surface area contributed by atoms with E-state index < -0.39 is 35.8 Å². The first-order valence-corrected chi connectivity index (χ1v) is 10.7. The van der Waals surface area contributed by atoms with Crippen molar-refractivity contribution in [2.45, 2.75) is 57.7 Å². The Labute approximate surface area is 182 Å². The van der Waals surface area contributed by atoms with Crippen molar-refractivity contribution in [1.29, 1.82) is 0 Å². The monoisotopic (exact) mass is 431 g/mol. The zero-order valence-electron chi connectivity index (χ0n) is 18.2. The third kappa shape index (κ3) is 7.36. The topological polar surface area (TPSA) is 148 Å². The molecule has 9 heteroatoms. The van der Waals surface area contributed by atoms with Gasteiger partial charge in [-0.25, -0.2) is 0 Å². The Hall–Kier alpha value is -2.94. The van der Waals surface area contributed by atoms with Gasteiger partial charge in [0, 0.05) is 6.54 Å². The van der Waals surface area contributed by atoms with E-state index >= 15 is 0 Å². The number of rotatable bonds is 10. The fourth-order valence-corrected chi connectivity index (χ4v) is 3.74. The Bertz CT molecular complexity index is 783. The molecule has 0 radical (unpaired) electrons. The van der Waals surface area contributed by atoms with E-state index in [0.717, 1.165) is 5.56 Å². The fourth-order valence-electron chi connectivity index (χ4n) is 3.74. The number of carbonyl (C=O) groups is 4. The van der Waals surface area contributed by atoms with Crippen molar-refractivity contribution in [3.8, 4) is 0 Å². The second kappa shape index (κ2) is 11.5. The van der Waals surface area contributed by atoms with Gasteiger partial charge in [-0.1, -0.05) is 44.2 Å². The molecule has 31 heavy (non-hydrogen) atoms. The largest absolute Gasteiger partial charge is 0.368 e. The Kier molecular flexibility index (Phi) is 8.99. The molecule has 1 aromatic carbocycles. The van der Waals surface area contributed by atoms with Crippen molar-refractivity contribution < 1.29 is 19.2 Å². The lowest BCUT2D eigenvalue weighted by molar-refractivity contribution is -0.140. The van der Waals surface area contributed by atoms with Gasteiger partial charge in [0.25, 0.3) is 0 Å². The van der Waals surface area contributed by atoms with Gasteiger partial charge in [0.2, 0.25) is 23.6 Å². The maximum Gasteiger partial charge on any atom is 0.243 e. The maximum absolute atomic E-state index is 13.0. The van der Waals surface area contributed by atoms with Gasteiger partial charge < -0.3 is 27.0 Å². The molecular formula is C22H33N5O4. The first-order valence-electron chi connectivity index (χ1n) is 10.7. The van der Waals surface area contributed by atoms with E-state index in [1.807, 2.05) is 44.2 Å². The number of benzene rings is 1. The molecule has 0 saturated carbocycles. The van der Waals surface area contributed by atoms with Crippen LogP contribution in [0.5, 0.6) is 0 Å². The van der Waals surface area contributed by atoms with E-state index in [2.05, 4.69) is 10.6 Å². The van der Waals surface area contributed by atoms with Crippen LogP contribution < -0.4 is 22.1 Å². The Morgan fingerprint density at radius 2 is 1.84 bits per heavy atom. The van der Waals surface area contributed by atoms with Crippen molar-refractivity contribution >= 4 is 23.6 Å². The van der Waals surface area contributed by atoms with Crippen molar-refractivity contribution in [2.24, 2.45) is 17.4 Å². The Balaban J connectivity index is 2.02. The van der Waals surface area contributed by atoms with Crippen LogP contribution in [0, 0.1) is 5.92 Å². The van der Waals surface area contributed by atoms with E-state index in [-0.39, 0.29) is 18.4 Å². The predicted octanol–water partition coefficient (Wildman–Crippen LogP) is -0.320. The van der Waals surface area contributed by atoms with Gasteiger partial charge in [0.1, 0.15) is 12.1 Å². The molecule has 1 aromatic rings. The second-order valence-corrected chi connectivity index (χ2v) is 8.36. The Morgan fingerprint density at radius 3 is 2.45 bits per heavy atom. The summed E-state index contributed by atoms with van der Waals surface area (Å²) in [6.07, 6.45) is 1.97. The third-order valence-electron chi connectivity index (χ3n) is 5.23. The van der Waals surface area contributed by atoms with E-state index in [1.54, 1.807) is 0 Å². The van der Waals surface area contributed by atoms with E-state index in [1.165, 1.54) is 4.90 Å². The van der Waals surface area contributed by atoms with E-state index in [9.17, 15) is 19.2 Å². The summed E-state index contributed by atoms with van der Waals surface area (Å²) >= 11 is 0. The quantitative estimate of drug-likeness (QED) is 0.401. The first-order chi connectivity index (χ1) is 14.7. The number of nitrogens with one attached hydrogen (secondary N) is 2. The molecule has 170 valence electrons. The number of carbonyl (C=O) groups excluding carboxylic acids is 4. The molecule has 0 aromatic heterocycles. The fraction of sp³-hybridized carbons (Fsp3) is 0.545. The highest BCUT2D eigenvalue weighted by Gasteiger charge is 2.37. The van der Waals surface area contributed by atoms with Gasteiger partial charge in [0.15, 0.2) is 0 Å². The van der Waals surface area contributed by atoms with Crippen LogP contribution in [0.4, 0.5) is 0 Å². The molecule has 1 aliphatic rings. The van der Waals surface area contributed by atoms with Crippen LogP contribution >= 0.6 is 0 Å². The highest BCUT2D eigenvalue weighted by molar-refractivity contribution is 5.94. The van der Waals surface area contributed by atoms with Gasteiger partial charge in [-0.2, -0.15) is 0 Å². The standard InChI is InChI=1S/C22H33N5O4/c1-14(2)11-17(20(29)25-13-19(24)28)26-21(30)18-9-6-10-27(18)22(31)16(23)12-15-7-4-3-5-8-15/h3-5,7-8,14,16-18H,6,9-13,23H2,1-2H3,(H2,24,28)(H,25,29)(H,26,30). The molecule has 9 nitrogen and oxygen atoms in total. The number of amides is 4. The van der Waals surface area contributed by atoms with Crippen LogP contribution in [0.1, 0.15) is 38.7 Å². The summed E-state index contributed by atoms with van der Waals surface area (Å²) in [5.41, 5.74) is 12.2. The highest BCUT2D eigenvalue weighted by atomic mass is 16.2. The van der Waals surface area contributed by atoms with Crippen molar-refractivity contribution in [3.63, 3.8) is 0 Å². The normalized spacial score (nSPS) is 17.8. The van der Waals surface area contributed by atoms with Crippen molar-refractivity contribution in [3.05, 3.63) is 35.9 Å². The molecule has 2 rings (SSSR count). The Morgan fingerprint density at radius 1 is 1.16 bits per heavy atom. The van der Waals surface area contributed by atoms with Crippen LogP contribution in [0.2, 0.25) is 0 Å². The molecular weight excluding hydrogens is 398 g/mol. The zero-order chi connectivity index (χ0) is 23.0. The van der Waals surface area contributed by atoms with E-state index in [0.29, 0.717) is 32.2 Å². The lowest BCUT2D eigenvalue weighted by Gasteiger charge is -2.28. The maximum atomic E-state index is 13.0. The van der Waals surface area contributed by atoms with Gasteiger partial charge in [-0.3, -0.25) is 19.2 Å².